The predicted octanol–water partition coefficient (Wildman–Crippen LogP) is 4.88. The van der Waals surface area contributed by atoms with Gasteiger partial charge in [-0.1, -0.05) is 13.0 Å². The molecule has 2 aliphatic heterocycles. The van der Waals surface area contributed by atoms with Gasteiger partial charge in [0, 0.05) is 48.7 Å². The number of rotatable bonds is 5. The molecule has 1 saturated heterocycles. The number of hydrogen-bond acceptors (Lipinski definition) is 5. The van der Waals surface area contributed by atoms with E-state index in [0.29, 0.717) is 5.92 Å². The molecule has 1 aliphatic carbocycles. The maximum absolute atomic E-state index is 12.8. The second kappa shape index (κ2) is 8.74. The topological polar surface area (TPSA) is 63.7 Å². The number of nitrogens with one attached hydrogen (secondary N) is 1. The highest BCUT2D eigenvalue weighted by atomic mass is 16.5. The average Bonchev–Trinajstić information content (AvgIpc) is 3.61. The normalized spacial score (nSPS) is 25.8. The smallest absolute Gasteiger partial charge is 0.224 e. The third kappa shape index (κ3) is 4.20. The summed E-state index contributed by atoms with van der Waals surface area (Å²) in [6, 6.07) is 12.5. The summed E-state index contributed by atoms with van der Waals surface area (Å²) in [5.74, 6) is 2.66. The number of anilines is 2. The molecule has 3 heterocycles. The Labute approximate surface area is 190 Å². The SMILES string of the molecule is CC(=O)N1c2ccc(OC3CCOCC3)cc2C(Nc2cccc(C)n2)[C@@H](C)C1C1CC1. The molecule has 170 valence electrons. The van der Waals surface area contributed by atoms with Crippen LogP contribution < -0.4 is 15.0 Å². The van der Waals surface area contributed by atoms with Crippen LogP contribution in [0.4, 0.5) is 11.5 Å². The lowest BCUT2D eigenvalue weighted by Crippen LogP contribution is -2.51. The number of aromatic nitrogens is 1. The predicted molar refractivity (Wildman–Crippen MR) is 125 cm³/mol. The van der Waals surface area contributed by atoms with Gasteiger partial charge in [0.25, 0.3) is 0 Å². The van der Waals surface area contributed by atoms with Crippen LogP contribution in [0.15, 0.2) is 36.4 Å². The zero-order chi connectivity index (χ0) is 22.2. The van der Waals surface area contributed by atoms with Gasteiger partial charge >= 0.3 is 0 Å². The summed E-state index contributed by atoms with van der Waals surface area (Å²) in [7, 11) is 0. The van der Waals surface area contributed by atoms with Gasteiger partial charge in [0.05, 0.1) is 19.3 Å². The van der Waals surface area contributed by atoms with Crippen LogP contribution in [0, 0.1) is 18.8 Å². The van der Waals surface area contributed by atoms with E-state index in [4.69, 9.17) is 14.5 Å². The lowest BCUT2D eigenvalue weighted by Gasteiger charge is -2.46. The van der Waals surface area contributed by atoms with Crippen molar-refractivity contribution in [3.8, 4) is 5.75 Å². The number of aryl methyl sites for hydroxylation is 1. The van der Waals surface area contributed by atoms with Crippen molar-refractivity contribution >= 4 is 17.4 Å². The molecule has 1 aromatic heterocycles. The van der Waals surface area contributed by atoms with Gasteiger partial charge in [-0.25, -0.2) is 4.98 Å². The third-order valence-electron chi connectivity index (χ3n) is 7.06. The quantitative estimate of drug-likeness (QED) is 0.725. The number of carbonyl (C=O) groups excluding carboxylic acids is 1. The van der Waals surface area contributed by atoms with Crippen LogP contribution in [0.5, 0.6) is 5.75 Å². The minimum Gasteiger partial charge on any atom is -0.490 e. The number of pyridine rings is 1. The van der Waals surface area contributed by atoms with Crippen LogP contribution in [-0.2, 0) is 9.53 Å². The molecule has 2 aromatic rings. The van der Waals surface area contributed by atoms with Crippen molar-refractivity contribution in [1.82, 2.24) is 4.98 Å². The molecule has 5 rings (SSSR count). The third-order valence-corrected chi connectivity index (χ3v) is 7.06. The van der Waals surface area contributed by atoms with E-state index in [9.17, 15) is 4.79 Å². The first kappa shape index (κ1) is 21.3. The molecule has 3 atom stereocenters. The highest BCUT2D eigenvalue weighted by molar-refractivity contribution is 5.94. The van der Waals surface area contributed by atoms with E-state index in [1.165, 1.54) is 12.8 Å². The standard InChI is InChI=1S/C26H33N3O3/c1-16-5-4-6-24(27-16)28-25-17(2)26(19-7-8-19)29(18(3)30)23-10-9-21(15-22(23)25)32-20-11-13-31-14-12-20/h4-6,9-10,15,17,19-20,25-26H,7-8,11-14H2,1-3H3,(H,27,28)/t17-,25?,26?/m1/s1. The minimum absolute atomic E-state index is 0.0544. The number of fused-ring (bicyclic) bond motifs is 1. The monoisotopic (exact) mass is 435 g/mol. The number of hydrogen-bond donors (Lipinski definition) is 1. The van der Waals surface area contributed by atoms with E-state index < -0.39 is 0 Å². The Kier molecular flexibility index (Phi) is 5.80. The Morgan fingerprint density at radius 3 is 2.62 bits per heavy atom. The van der Waals surface area contributed by atoms with E-state index in [1.807, 2.05) is 36.1 Å². The van der Waals surface area contributed by atoms with Crippen LogP contribution >= 0.6 is 0 Å². The zero-order valence-electron chi connectivity index (χ0n) is 19.2. The Hall–Kier alpha value is -2.60. The molecule has 3 aliphatic rings. The summed E-state index contributed by atoms with van der Waals surface area (Å²) < 4.78 is 11.8. The van der Waals surface area contributed by atoms with Crippen molar-refractivity contribution in [3.63, 3.8) is 0 Å². The summed E-state index contributed by atoms with van der Waals surface area (Å²) in [4.78, 5) is 19.5. The van der Waals surface area contributed by atoms with Crippen LogP contribution in [-0.4, -0.2) is 36.3 Å². The Morgan fingerprint density at radius 1 is 1.16 bits per heavy atom. The van der Waals surface area contributed by atoms with Crippen LogP contribution in [0.2, 0.25) is 0 Å². The number of amides is 1. The zero-order valence-corrected chi connectivity index (χ0v) is 19.2. The van der Waals surface area contributed by atoms with Crippen molar-refractivity contribution in [1.29, 1.82) is 0 Å². The number of benzene rings is 1. The van der Waals surface area contributed by atoms with E-state index in [-0.39, 0.29) is 30.0 Å². The number of ether oxygens (including phenoxy) is 2. The molecule has 1 saturated carbocycles. The molecule has 0 radical (unpaired) electrons. The fraction of sp³-hybridized carbons (Fsp3) is 0.538. The maximum atomic E-state index is 12.8. The summed E-state index contributed by atoms with van der Waals surface area (Å²) in [5.41, 5.74) is 3.09. The summed E-state index contributed by atoms with van der Waals surface area (Å²) in [6.45, 7) is 7.46. The van der Waals surface area contributed by atoms with Gasteiger partial charge in [-0.2, -0.15) is 0 Å². The average molecular weight is 436 g/mol. The molecular formula is C26H33N3O3. The first-order valence-electron chi connectivity index (χ1n) is 11.9. The molecule has 2 unspecified atom stereocenters. The summed E-state index contributed by atoms with van der Waals surface area (Å²) in [5, 5.41) is 3.71. The second-order valence-electron chi connectivity index (χ2n) is 9.51. The fourth-order valence-corrected chi connectivity index (χ4v) is 5.39. The van der Waals surface area contributed by atoms with Gasteiger partial charge in [-0.05, 0) is 56.0 Å². The van der Waals surface area contributed by atoms with Crippen molar-refractivity contribution < 1.29 is 14.3 Å². The maximum Gasteiger partial charge on any atom is 0.224 e. The summed E-state index contributed by atoms with van der Waals surface area (Å²) in [6.07, 6.45) is 4.37. The first-order chi connectivity index (χ1) is 15.5. The van der Waals surface area contributed by atoms with E-state index in [0.717, 1.165) is 54.6 Å². The van der Waals surface area contributed by atoms with E-state index in [1.54, 1.807) is 6.92 Å². The van der Waals surface area contributed by atoms with Gasteiger partial charge in [0.15, 0.2) is 0 Å². The van der Waals surface area contributed by atoms with Crippen LogP contribution in [0.3, 0.4) is 0 Å². The van der Waals surface area contributed by atoms with E-state index >= 15 is 0 Å². The molecule has 1 N–H and O–H groups in total. The fourth-order valence-electron chi connectivity index (χ4n) is 5.39. The molecule has 6 heteroatoms. The van der Waals surface area contributed by atoms with Crippen molar-refractivity contribution in [2.75, 3.05) is 23.4 Å². The van der Waals surface area contributed by atoms with Gasteiger partial charge in [0.1, 0.15) is 17.7 Å². The van der Waals surface area contributed by atoms with Gasteiger partial charge < -0.3 is 19.7 Å². The largest absolute Gasteiger partial charge is 0.490 e. The van der Waals surface area contributed by atoms with Gasteiger partial charge in [0.2, 0.25) is 5.91 Å². The van der Waals surface area contributed by atoms with Gasteiger partial charge in [-0.15, -0.1) is 0 Å². The van der Waals surface area contributed by atoms with Crippen LogP contribution in [0.25, 0.3) is 0 Å². The molecule has 32 heavy (non-hydrogen) atoms. The van der Waals surface area contributed by atoms with Crippen molar-refractivity contribution in [3.05, 3.63) is 47.7 Å². The Balaban J connectivity index is 1.53. The Bertz CT molecular complexity index is 984. The van der Waals surface area contributed by atoms with Crippen molar-refractivity contribution in [2.24, 2.45) is 11.8 Å². The molecule has 0 spiro atoms. The molecule has 2 fully saturated rings. The highest BCUT2D eigenvalue weighted by Gasteiger charge is 2.47. The second-order valence-corrected chi connectivity index (χ2v) is 9.51. The Morgan fingerprint density at radius 2 is 1.94 bits per heavy atom. The number of carbonyl (C=O) groups is 1. The molecule has 0 bridgehead atoms. The highest BCUT2D eigenvalue weighted by Crippen LogP contribution is 2.50. The lowest BCUT2D eigenvalue weighted by molar-refractivity contribution is -0.117. The van der Waals surface area contributed by atoms with Crippen molar-refractivity contribution in [2.45, 2.75) is 64.6 Å². The first-order valence-corrected chi connectivity index (χ1v) is 11.9. The molecule has 1 amide bonds. The lowest BCUT2D eigenvalue weighted by atomic mass is 9.80. The minimum atomic E-state index is 0.0544. The number of nitrogens with zero attached hydrogens (tertiary/aromatic N) is 2. The van der Waals surface area contributed by atoms with Crippen LogP contribution in [0.1, 0.15) is 56.8 Å². The molecular weight excluding hydrogens is 402 g/mol. The van der Waals surface area contributed by atoms with E-state index in [2.05, 4.69) is 24.4 Å². The molecule has 1 aromatic carbocycles. The molecule has 6 nitrogen and oxygen atoms in total. The summed E-state index contributed by atoms with van der Waals surface area (Å²) >= 11 is 0. The van der Waals surface area contributed by atoms with Gasteiger partial charge in [-0.3, -0.25) is 4.79 Å².